The van der Waals surface area contributed by atoms with E-state index < -0.39 is 0 Å². The lowest BCUT2D eigenvalue weighted by Gasteiger charge is -2.22. The van der Waals surface area contributed by atoms with Gasteiger partial charge >= 0.3 is 0 Å². The van der Waals surface area contributed by atoms with Gasteiger partial charge in [-0.15, -0.1) is 0 Å². The minimum absolute atomic E-state index is 0.354. The second-order valence-corrected chi connectivity index (χ2v) is 7.25. The van der Waals surface area contributed by atoms with Crippen LogP contribution in [-0.2, 0) is 6.42 Å². The molecule has 0 spiro atoms. The van der Waals surface area contributed by atoms with Crippen LogP contribution >= 0.6 is 0 Å². The van der Waals surface area contributed by atoms with E-state index in [0.29, 0.717) is 12.0 Å². The molecule has 0 bridgehead atoms. The van der Waals surface area contributed by atoms with Gasteiger partial charge in [0, 0.05) is 12.8 Å². The molecule has 0 aromatic heterocycles. The second kappa shape index (κ2) is 11.8. The van der Waals surface area contributed by atoms with Gasteiger partial charge in [-0.2, -0.15) is 0 Å². The number of ether oxygens (including phenoxy) is 2. The molecule has 150 valence electrons. The molecule has 1 heterocycles. The SMILES string of the molecule is CC.CCCC(Cc1ccc(OC)c(OC2CCCC2)c1)C1=CC=NCC1. The van der Waals surface area contributed by atoms with E-state index in [1.807, 2.05) is 20.1 Å². The molecule has 27 heavy (non-hydrogen) atoms. The fraction of sp³-hybridized carbons (Fsp3) is 0.625. The molecule has 1 aliphatic carbocycles. The van der Waals surface area contributed by atoms with Crippen molar-refractivity contribution in [2.45, 2.75) is 78.2 Å². The van der Waals surface area contributed by atoms with Gasteiger partial charge in [-0.05, 0) is 74.6 Å². The number of dihydropyridines is 1. The first-order valence-corrected chi connectivity index (χ1v) is 10.8. The minimum atomic E-state index is 0.354. The standard InChI is InChI=1S/C22H31NO2.C2H6/c1-3-6-19(18-11-13-23-14-12-18)15-17-9-10-21(24-2)22(16-17)25-20-7-4-5-8-20;1-2/h9-11,13,16,19-20H,3-8,12,14-15H2,1-2H3;1-2H3. The monoisotopic (exact) mass is 371 g/mol. The van der Waals surface area contributed by atoms with E-state index in [1.165, 1.54) is 31.2 Å². The molecule has 0 N–H and O–H groups in total. The van der Waals surface area contributed by atoms with Gasteiger partial charge in [-0.25, -0.2) is 0 Å². The van der Waals surface area contributed by atoms with Crippen LogP contribution in [0.15, 0.2) is 34.8 Å². The summed E-state index contributed by atoms with van der Waals surface area (Å²) in [7, 11) is 1.72. The van der Waals surface area contributed by atoms with Crippen LogP contribution in [0.2, 0.25) is 0 Å². The van der Waals surface area contributed by atoms with Crippen molar-refractivity contribution in [1.82, 2.24) is 0 Å². The zero-order chi connectivity index (χ0) is 19.5. The number of methoxy groups -OCH3 is 1. The smallest absolute Gasteiger partial charge is 0.161 e. The highest BCUT2D eigenvalue weighted by atomic mass is 16.5. The van der Waals surface area contributed by atoms with Gasteiger partial charge in [0.1, 0.15) is 0 Å². The highest BCUT2D eigenvalue weighted by Crippen LogP contribution is 2.34. The normalized spacial score (nSPS) is 17.7. The fourth-order valence-electron chi connectivity index (χ4n) is 4.02. The third kappa shape index (κ3) is 6.41. The number of benzene rings is 1. The lowest BCUT2D eigenvalue weighted by Crippen LogP contribution is -2.13. The van der Waals surface area contributed by atoms with Crippen LogP contribution in [0.25, 0.3) is 0 Å². The summed E-state index contributed by atoms with van der Waals surface area (Å²) in [5.41, 5.74) is 2.89. The summed E-state index contributed by atoms with van der Waals surface area (Å²) in [6.45, 7) is 7.21. The molecule has 1 aromatic carbocycles. The van der Waals surface area contributed by atoms with Crippen LogP contribution in [0, 0.1) is 5.92 Å². The topological polar surface area (TPSA) is 30.8 Å². The highest BCUT2D eigenvalue weighted by Gasteiger charge is 2.20. The number of hydrogen-bond acceptors (Lipinski definition) is 3. The molecule has 0 saturated heterocycles. The van der Waals surface area contributed by atoms with Crippen molar-refractivity contribution in [3.05, 3.63) is 35.4 Å². The predicted molar refractivity (Wildman–Crippen MR) is 115 cm³/mol. The van der Waals surface area contributed by atoms with Gasteiger partial charge in [-0.1, -0.05) is 38.8 Å². The molecular formula is C24H37NO2. The van der Waals surface area contributed by atoms with Gasteiger partial charge in [0.25, 0.3) is 0 Å². The molecular weight excluding hydrogens is 334 g/mol. The summed E-state index contributed by atoms with van der Waals surface area (Å²) in [4.78, 5) is 4.33. The van der Waals surface area contributed by atoms with Gasteiger partial charge in [0.2, 0.25) is 0 Å². The third-order valence-corrected chi connectivity index (χ3v) is 5.39. The van der Waals surface area contributed by atoms with Crippen LogP contribution in [0.5, 0.6) is 11.5 Å². The quantitative estimate of drug-likeness (QED) is 0.529. The first-order valence-electron chi connectivity index (χ1n) is 10.8. The highest BCUT2D eigenvalue weighted by molar-refractivity contribution is 5.73. The molecule has 0 amide bonds. The molecule has 1 aromatic rings. The first-order chi connectivity index (χ1) is 13.3. The molecule has 3 rings (SSSR count). The second-order valence-electron chi connectivity index (χ2n) is 7.25. The Morgan fingerprint density at radius 1 is 1.15 bits per heavy atom. The summed E-state index contributed by atoms with van der Waals surface area (Å²) in [6, 6.07) is 6.47. The Balaban J connectivity index is 0.00000126. The van der Waals surface area contributed by atoms with E-state index in [4.69, 9.17) is 9.47 Å². The van der Waals surface area contributed by atoms with E-state index in [2.05, 4.69) is 36.2 Å². The van der Waals surface area contributed by atoms with Crippen LogP contribution < -0.4 is 9.47 Å². The van der Waals surface area contributed by atoms with Gasteiger partial charge in [-0.3, -0.25) is 4.99 Å². The van der Waals surface area contributed by atoms with Crippen molar-refractivity contribution < 1.29 is 9.47 Å². The average molecular weight is 372 g/mol. The number of rotatable bonds is 8. The van der Waals surface area contributed by atoms with Crippen molar-refractivity contribution in [1.29, 1.82) is 0 Å². The molecule has 1 saturated carbocycles. The van der Waals surface area contributed by atoms with Gasteiger partial charge < -0.3 is 9.47 Å². The fourth-order valence-corrected chi connectivity index (χ4v) is 4.02. The zero-order valence-electron chi connectivity index (χ0n) is 17.7. The van der Waals surface area contributed by atoms with Gasteiger partial charge in [0.15, 0.2) is 11.5 Å². The molecule has 3 nitrogen and oxygen atoms in total. The lowest BCUT2D eigenvalue weighted by molar-refractivity contribution is 0.200. The van der Waals surface area contributed by atoms with Crippen molar-refractivity contribution in [3.63, 3.8) is 0 Å². The van der Waals surface area contributed by atoms with Crippen molar-refractivity contribution in [3.8, 4) is 11.5 Å². The van der Waals surface area contributed by atoms with Crippen LogP contribution in [-0.4, -0.2) is 26.0 Å². The maximum atomic E-state index is 6.26. The number of aliphatic imine (C=N–C) groups is 1. The summed E-state index contributed by atoms with van der Waals surface area (Å²) in [5, 5.41) is 0. The Morgan fingerprint density at radius 2 is 1.93 bits per heavy atom. The summed E-state index contributed by atoms with van der Waals surface area (Å²) in [6.07, 6.45) is 14.0. The van der Waals surface area contributed by atoms with Crippen LogP contribution in [0.1, 0.15) is 71.3 Å². The van der Waals surface area contributed by atoms with Crippen molar-refractivity contribution in [2.24, 2.45) is 10.9 Å². The Hall–Kier alpha value is -1.77. The van der Waals surface area contributed by atoms with E-state index in [1.54, 1.807) is 12.7 Å². The third-order valence-electron chi connectivity index (χ3n) is 5.39. The van der Waals surface area contributed by atoms with Crippen LogP contribution in [0.4, 0.5) is 0 Å². The van der Waals surface area contributed by atoms with E-state index in [0.717, 1.165) is 43.7 Å². The van der Waals surface area contributed by atoms with E-state index >= 15 is 0 Å². The summed E-state index contributed by atoms with van der Waals surface area (Å²) < 4.78 is 11.8. The number of hydrogen-bond donors (Lipinski definition) is 0. The largest absolute Gasteiger partial charge is 0.493 e. The summed E-state index contributed by atoms with van der Waals surface area (Å²) >= 11 is 0. The number of nitrogens with zero attached hydrogens (tertiary/aromatic N) is 1. The van der Waals surface area contributed by atoms with E-state index in [9.17, 15) is 0 Å². The first kappa shape index (κ1) is 21.5. The zero-order valence-corrected chi connectivity index (χ0v) is 17.7. The lowest BCUT2D eigenvalue weighted by atomic mass is 9.85. The molecule has 2 aliphatic rings. The van der Waals surface area contributed by atoms with Crippen molar-refractivity contribution in [2.75, 3.05) is 13.7 Å². The van der Waals surface area contributed by atoms with Gasteiger partial charge in [0.05, 0.1) is 13.2 Å². The van der Waals surface area contributed by atoms with E-state index in [-0.39, 0.29) is 0 Å². The summed E-state index contributed by atoms with van der Waals surface area (Å²) in [5.74, 6) is 2.37. The molecule has 1 atom stereocenters. The molecule has 1 fully saturated rings. The molecule has 3 heteroatoms. The van der Waals surface area contributed by atoms with Crippen LogP contribution in [0.3, 0.4) is 0 Å². The number of allylic oxidation sites excluding steroid dienone is 1. The maximum absolute atomic E-state index is 6.26. The maximum Gasteiger partial charge on any atom is 0.161 e. The Labute approximate surface area is 165 Å². The Bertz CT molecular complexity index is 615. The molecule has 1 aliphatic heterocycles. The Morgan fingerprint density at radius 3 is 2.56 bits per heavy atom. The Kier molecular flexibility index (Phi) is 9.44. The average Bonchev–Trinajstić information content (AvgIpc) is 3.23. The van der Waals surface area contributed by atoms with Crippen molar-refractivity contribution >= 4 is 6.21 Å². The minimum Gasteiger partial charge on any atom is -0.493 e. The molecule has 0 radical (unpaired) electrons. The predicted octanol–water partition coefficient (Wildman–Crippen LogP) is 6.40. The molecule has 1 unspecified atom stereocenters.